The Bertz CT molecular complexity index is 168. The van der Waals surface area contributed by atoms with Gasteiger partial charge in [0.1, 0.15) is 0 Å². The molecule has 18 heavy (non-hydrogen) atoms. The van der Waals surface area contributed by atoms with Gasteiger partial charge in [0.2, 0.25) is 0 Å². The Labute approximate surface area is 113 Å². The van der Waals surface area contributed by atoms with E-state index in [2.05, 4.69) is 24.1 Å². The molecule has 0 aromatic heterocycles. The third-order valence-corrected chi connectivity index (χ3v) is 3.22. The van der Waals surface area contributed by atoms with Crippen LogP contribution in [0.4, 0.5) is 0 Å². The molecule has 0 rings (SSSR count). The van der Waals surface area contributed by atoms with Crippen molar-refractivity contribution in [2.45, 2.75) is 39.7 Å². The summed E-state index contributed by atoms with van der Waals surface area (Å²) < 4.78 is 10.5. The predicted molar refractivity (Wildman–Crippen MR) is 77.2 cm³/mol. The molecule has 0 amide bonds. The summed E-state index contributed by atoms with van der Waals surface area (Å²) in [6.45, 7) is 13.2. The molecule has 0 fully saturated rings. The third kappa shape index (κ3) is 9.83. The molecular formula is C14H32N2O2. The Hall–Kier alpha value is -0.160. The van der Waals surface area contributed by atoms with Gasteiger partial charge in [0.15, 0.2) is 0 Å². The Kier molecular flexibility index (Phi) is 13.2. The topological polar surface area (TPSA) is 33.7 Å². The summed E-state index contributed by atoms with van der Waals surface area (Å²) in [4.78, 5) is 2.49. The van der Waals surface area contributed by atoms with Crippen LogP contribution in [-0.4, -0.2) is 64.1 Å². The number of nitrogens with one attached hydrogen (secondary N) is 1. The van der Waals surface area contributed by atoms with E-state index in [1.807, 2.05) is 6.92 Å². The van der Waals surface area contributed by atoms with Gasteiger partial charge in [-0.2, -0.15) is 0 Å². The van der Waals surface area contributed by atoms with Crippen LogP contribution >= 0.6 is 0 Å². The first-order valence-corrected chi connectivity index (χ1v) is 7.27. The molecule has 0 aliphatic carbocycles. The molecule has 0 aromatic carbocycles. The fraction of sp³-hybridized carbons (Fsp3) is 1.00. The second kappa shape index (κ2) is 13.3. The highest BCUT2D eigenvalue weighted by Gasteiger charge is 2.10. The third-order valence-electron chi connectivity index (χ3n) is 3.22. The van der Waals surface area contributed by atoms with Gasteiger partial charge in [0, 0.05) is 46.0 Å². The van der Waals surface area contributed by atoms with Crippen LogP contribution in [0.15, 0.2) is 0 Å². The SMILES string of the molecule is CCOCCCNCCN(CCOC)C(C)CC. The summed E-state index contributed by atoms with van der Waals surface area (Å²) in [5.41, 5.74) is 0. The molecule has 1 unspecified atom stereocenters. The first-order valence-electron chi connectivity index (χ1n) is 7.27. The number of nitrogens with zero attached hydrogens (tertiary/aromatic N) is 1. The predicted octanol–water partition coefficient (Wildman–Crippen LogP) is 1.75. The van der Waals surface area contributed by atoms with Crippen molar-refractivity contribution >= 4 is 0 Å². The molecule has 0 saturated heterocycles. The van der Waals surface area contributed by atoms with Crippen LogP contribution < -0.4 is 5.32 Å². The van der Waals surface area contributed by atoms with Crippen molar-refractivity contribution < 1.29 is 9.47 Å². The maximum absolute atomic E-state index is 5.30. The highest BCUT2D eigenvalue weighted by Crippen LogP contribution is 2.02. The maximum atomic E-state index is 5.30. The van der Waals surface area contributed by atoms with E-state index in [1.165, 1.54) is 6.42 Å². The van der Waals surface area contributed by atoms with Gasteiger partial charge in [-0.1, -0.05) is 6.92 Å². The average Bonchev–Trinajstić information content (AvgIpc) is 2.40. The molecule has 0 aliphatic heterocycles. The van der Waals surface area contributed by atoms with E-state index in [0.717, 1.165) is 52.4 Å². The van der Waals surface area contributed by atoms with Gasteiger partial charge in [-0.3, -0.25) is 4.90 Å². The van der Waals surface area contributed by atoms with Crippen LogP contribution in [0.25, 0.3) is 0 Å². The number of hydrogen-bond acceptors (Lipinski definition) is 4. The molecule has 0 spiro atoms. The molecule has 0 aliphatic rings. The molecule has 4 nitrogen and oxygen atoms in total. The van der Waals surface area contributed by atoms with E-state index in [-0.39, 0.29) is 0 Å². The molecule has 110 valence electrons. The van der Waals surface area contributed by atoms with E-state index in [9.17, 15) is 0 Å². The molecule has 1 atom stereocenters. The van der Waals surface area contributed by atoms with E-state index < -0.39 is 0 Å². The van der Waals surface area contributed by atoms with Crippen molar-refractivity contribution in [3.8, 4) is 0 Å². The lowest BCUT2D eigenvalue weighted by molar-refractivity contribution is 0.122. The zero-order chi connectivity index (χ0) is 13.6. The molecule has 0 heterocycles. The minimum atomic E-state index is 0.630. The van der Waals surface area contributed by atoms with Gasteiger partial charge < -0.3 is 14.8 Å². The van der Waals surface area contributed by atoms with Crippen LogP contribution in [0.2, 0.25) is 0 Å². The van der Waals surface area contributed by atoms with Crippen molar-refractivity contribution in [1.82, 2.24) is 10.2 Å². The molecule has 0 radical (unpaired) electrons. The molecule has 1 N–H and O–H groups in total. The zero-order valence-corrected chi connectivity index (χ0v) is 12.7. The zero-order valence-electron chi connectivity index (χ0n) is 12.7. The summed E-state index contributed by atoms with van der Waals surface area (Å²) in [6, 6.07) is 0.630. The molecule has 0 aromatic rings. The van der Waals surface area contributed by atoms with E-state index >= 15 is 0 Å². The normalized spacial score (nSPS) is 13.2. The standard InChI is InChI=1S/C14H32N2O2/c1-5-14(3)16(11-13-17-4)10-9-15-8-7-12-18-6-2/h14-15H,5-13H2,1-4H3. The largest absolute Gasteiger partial charge is 0.383 e. The number of rotatable bonds is 13. The summed E-state index contributed by atoms with van der Waals surface area (Å²) >= 11 is 0. The Morgan fingerprint density at radius 3 is 2.50 bits per heavy atom. The van der Waals surface area contributed by atoms with Gasteiger partial charge in [0.05, 0.1) is 6.61 Å². The lowest BCUT2D eigenvalue weighted by atomic mass is 10.2. The highest BCUT2D eigenvalue weighted by molar-refractivity contribution is 4.66. The van der Waals surface area contributed by atoms with Gasteiger partial charge >= 0.3 is 0 Å². The second-order valence-corrected chi connectivity index (χ2v) is 4.59. The number of methoxy groups -OCH3 is 1. The van der Waals surface area contributed by atoms with E-state index in [0.29, 0.717) is 6.04 Å². The van der Waals surface area contributed by atoms with Crippen LogP contribution in [0.3, 0.4) is 0 Å². The average molecular weight is 260 g/mol. The first-order chi connectivity index (χ1) is 8.76. The van der Waals surface area contributed by atoms with Crippen molar-refractivity contribution in [2.75, 3.05) is 53.1 Å². The summed E-state index contributed by atoms with van der Waals surface area (Å²) in [7, 11) is 1.76. The first kappa shape index (κ1) is 17.8. The molecule has 4 heteroatoms. The van der Waals surface area contributed by atoms with Crippen molar-refractivity contribution in [2.24, 2.45) is 0 Å². The van der Waals surface area contributed by atoms with Gasteiger partial charge in [-0.15, -0.1) is 0 Å². The Morgan fingerprint density at radius 1 is 1.11 bits per heavy atom. The van der Waals surface area contributed by atoms with E-state index in [1.54, 1.807) is 7.11 Å². The van der Waals surface area contributed by atoms with Crippen molar-refractivity contribution in [3.63, 3.8) is 0 Å². The monoisotopic (exact) mass is 260 g/mol. The molecule has 0 bridgehead atoms. The van der Waals surface area contributed by atoms with Gasteiger partial charge in [0.25, 0.3) is 0 Å². The highest BCUT2D eigenvalue weighted by atomic mass is 16.5. The molecular weight excluding hydrogens is 228 g/mol. The quantitative estimate of drug-likeness (QED) is 0.512. The fourth-order valence-electron chi connectivity index (χ4n) is 1.81. The molecule has 0 saturated carbocycles. The number of ether oxygens (including phenoxy) is 2. The van der Waals surface area contributed by atoms with E-state index in [4.69, 9.17) is 9.47 Å². The minimum absolute atomic E-state index is 0.630. The maximum Gasteiger partial charge on any atom is 0.0589 e. The van der Waals surface area contributed by atoms with Crippen LogP contribution in [0.5, 0.6) is 0 Å². The van der Waals surface area contributed by atoms with Crippen LogP contribution in [0, 0.1) is 0 Å². The lowest BCUT2D eigenvalue weighted by Gasteiger charge is -2.28. The van der Waals surface area contributed by atoms with Gasteiger partial charge in [-0.05, 0) is 33.2 Å². The van der Waals surface area contributed by atoms with Crippen LogP contribution in [0.1, 0.15) is 33.6 Å². The minimum Gasteiger partial charge on any atom is -0.383 e. The number of hydrogen-bond donors (Lipinski definition) is 1. The van der Waals surface area contributed by atoms with Gasteiger partial charge in [-0.25, -0.2) is 0 Å². The fourth-order valence-corrected chi connectivity index (χ4v) is 1.81. The summed E-state index contributed by atoms with van der Waals surface area (Å²) in [6.07, 6.45) is 2.28. The van der Waals surface area contributed by atoms with Crippen molar-refractivity contribution in [1.29, 1.82) is 0 Å². The van der Waals surface area contributed by atoms with Crippen molar-refractivity contribution in [3.05, 3.63) is 0 Å². The summed E-state index contributed by atoms with van der Waals surface area (Å²) in [5, 5.41) is 3.47. The van der Waals surface area contributed by atoms with Crippen LogP contribution in [-0.2, 0) is 9.47 Å². The Morgan fingerprint density at radius 2 is 1.89 bits per heavy atom. The lowest BCUT2D eigenvalue weighted by Crippen LogP contribution is -2.40. The Balaban J connectivity index is 3.56. The second-order valence-electron chi connectivity index (χ2n) is 4.59. The summed E-state index contributed by atoms with van der Waals surface area (Å²) in [5.74, 6) is 0. The smallest absolute Gasteiger partial charge is 0.0589 e.